The van der Waals surface area contributed by atoms with E-state index in [1.54, 1.807) is 14.0 Å². The summed E-state index contributed by atoms with van der Waals surface area (Å²) in [6, 6.07) is 0. The Bertz CT molecular complexity index is 520. The van der Waals surface area contributed by atoms with Crippen molar-refractivity contribution in [3.05, 3.63) is 11.3 Å². The minimum Gasteiger partial charge on any atom is -0.478 e. The third-order valence-electron chi connectivity index (χ3n) is 3.51. The van der Waals surface area contributed by atoms with E-state index in [2.05, 4.69) is 9.69 Å². The van der Waals surface area contributed by atoms with Crippen molar-refractivity contribution >= 4 is 28.4 Å². The van der Waals surface area contributed by atoms with Gasteiger partial charge in [0.2, 0.25) is 5.91 Å². The van der Waals surface area contributed by atoms with Crippen molar-refractivity contribution in [2.75, 3.05) is 18.5 Å². The first-order valence-corrected chi connectivity index (χ1v) is 6.87. The number of aromatic nitrogens is 1. The predicted molar refractivity (Wildman–Crippen MR) is 72.9 cm³/mol. The fourth-order valence-corrected chi connectivity index (χ4v) is 3.22. The highest BCUT2D eigenvalue weighted by Gasteiger charge is 2.39. The van der Waals surface area contributed by atoms with E-state index in [1.165, 1.54) is 4.90 Å². The summed E-state index contributed by atoms with van der Waals surface area (Å²) in [5, 5.41) is 12.8. The highest BCUT2D eigenvalue weighted by atomic mass is 32.1. The summed E-state index contributed by atoms with van der Waals surface area (Å²) in [7, 11) is 1.60. The van der Waals surface area contributed by atoms with Crippen molar-refractivity contribution in [1.82, 2.24) is 9.69 Å². The maximum atomic E-state index is 12.5. The number of nitrogens with one attached hydrogen (secondary N) is 1. The topological polar surface area (TPSA) is 82.5 Å². The van der Waals surface area contributed by atoms with Gasteiger partial charge in [0.1, 0.15) is 10.6 Å². The SMILES string of the molecule is Cc1nsc(N(C)C(=O)C2(C)CCCN2)c1C(=O)O. The van der Waals surface area contributed by atoms with Crippen LogP contribution in [0.15, 0.2) is 0 Å². The van der Waals surface area contributed by atoms with Crippen molar-refractivity contribution in [2.45, 2.75) is 32.2 Å². The fraction of sp³-hybridized carbons (Fsp3) is 0.583. The molecule has 0 aromatic carbocycles. The molecule has 7 heteroatoms. The van der Waals surface area contributed by atoms with E-state index in [-0.39, 0.29) is 11.5 Å². The number of nitrogens with zero attached hydrogens (tertiary/aromatic N) is 2. The summed E-state index contributed by atoms with van der Waals surface area (Å²) in [6.07, 6.45) is 1.71. The van der Waals surface area contributed by atoms with Crippen LogP contribution in [0.3, 0.4) is 0 Å². The van der Waals surface area contributed by atoms with Crippen LogP contribution < -0.4 is 10.2 Å². The van der Waals surface area contributed by atoms with Gasteiger partial charge in [0.15, 0.2) is 0 Å². The number of hydrogen-bond acceptors (Lipinski definition) is 5. The zero-order valence-electron chi connectivity index (χ0n) is 11.2. The molecule has 1 aromatic rings. The summed E-state index contributed by atoms with van der Waals surface area (Å²) in [6.45, 7) is 4.30. The molecule has 1 unspecified atom stereocenters. The van der Waals surface area contributed by atoms with Crippen molar-refractivity contribution in [3.8, 4) is 0 Å². The monoisotopic (exact) mass is 283 g/mol. The van der Waals surface area contributed by atoms with Gasteiger partial charge in [-0.2, -0.15) is 4.37 Å². The van der Waals surface area contributed by atoms with Crippen LogP contribution in [-0.2, 0) is 4.79 Å². The lowest BCUT2D eigenvalue weighted by molar-refractivity contribution is -0.123. The van der Waals surface area contributed by atoms with E-state index in [4.69, 9.17) is 0 Å². The molecule has 1 amide bonds. The van der Waals surface area contributed by atoms with Crippen molar-refractivity contribution in [1.29, 1.82) is 0 Å². The Labute approximate surface area is 115 Å². The molecule has 1 aromatic heterocycles. The normalized spacial score (nSPS) is 22.5. The first-order chi connectivity index (χ1) is 8.87. The molecule has 1 aliphatic heterocycles. The zero-order chi connectivity index (χ0) is 14.2. The molecule has 0 aliphatic carbocycles. The molecule has 19 heavy (non-hydrogen) atoms. The van der Waals surface area contributed by atoms with Crippen molar-refractivity contribution < 1.29 is 14.7 Å². The van der Waals surface area contributed by atoms with E-state index in [9.17, 15) is 14.7 Å². The second-order valence-electron chi connectivity index (χ2n) is 4.98. The summed E-state index contributed by atoms with van der Waals surface area (Å²) in [4.78, 5) is 25.2. The van der Waals surface area contributed by atoms with E-state index < -0.39 is 11.5 Å². The van der Waals surface area contributed by atoms with Crippen LogP contribution in [0.5, 0.6) is 0 Å². The standard InChI is InChI=1S/C12H17N3O3S/c1-7-8(10(16)17)9(19-14-7)15(3)11(18)12(2)5-4-6-13-12/h13H,4-6H2,1-3H3,(H,16,17). The molecule has 0 radical (unpaired) electrons. The van der Waals surface area contributed by atoms with Gasteiger partial charge in [0.05, 0.1) is 11.2 Å². The minimum absolute atomic E-state index is 0.113. The van der Waals surface area contributed by atoms with Gasteiger partial charge in [0.25, 0.3) is 0 Å². The molecule has 2 rings (SSSR count). The van der Waals surface area contributed by atoms with Crippen molar-refractivity contribution in [2.24, 2.45) is 0 Å². The van der Waals surface area contributed by atoms with Gasteiger partial charge in [-0.3, -0.25) is 4.79 Å². The van der Waals surface area contributed by atoms with Crippen LogP contribution in [0.1, 0.15) is 35.8 Å². The molecule has 0 saturated carbocycles. The number of anilines is 1. The third kappa shape index (κ3) is 2.35. The van der Waals surface area contributed by atoms with Crippen LogP contribution in [0.4, 0.5) is 5.00 Å². The molecule has 2 heterocycles. The second-order valence-corrected chi connectivity index (χ2v) is 5.73. The maximum absolute atomic E-state index is 12.5. The van der Waals surface area contributed by atoms with Gasteiger partial charge in [-0.25, -0.2) is 4.79 Å². The Morgan fingerprint density at radius 2 is 2.21 bits per heavy atom. The fourth-order valence-electron chi connectivity index (χ4n) is 2.37. The molecule has 1 aliphatic rings. The summed E-state index contributed by atoms with van der Waals surface area (Å²) < 4.78 is 4.04. The van der Waals surface area contributed by atoms with Crippen LogP contribution in [-0.4, -0.2) is 40.5 Å². The number of aromatic carboxylic acids is 1. The Kier molecular flexibility index (Phi) is 3.60. The number of aryl methyl sites for hydroxylation is 1. The Morgan fingerprint density at radius 3 is 2.74 bits per heavy atom. The smallest absolute Gasteiger partial charge is 0.340 e. The first kappa shape index (κ1) is 14.0. The lowest BCUT2D eigenvalue weighted by Gasteiger charge is -2.28. The lowest BCUT2D eigenvalue weighted by Crippen LogP contribution is -2.51. The van der Waals surface area contributed by atoms with Crippen LogP contribution in [0.2, 0.25) is 0 Å². The predicted octanol–water partition coefficient (Wildman–Crippen LogP) is 1.25. The molecule has 0 spiro atoms. The number of carboxylic acid groups (broad SMARTS) is 1. The highest BCUT2D eigenvalue weighted by Crippen LogP contribution is 2.31. The molecule has 1 saturated heterocycles. The third-order valence-corrected chi connectivity index (χ3v) is 4.52. The Balaban J connectivity index is 2.32. The van der Waals surface area contributed by atoms with Gasteiger partial charge in [-0.1, -0.05) is 0 Å². The second kappa shape index (κ2) is 4.90. The molecule has 1 fully saturated rings. The molecule has 1 atom stereocenters. The van der Waals surface area contributed by atoms with Gasteiger partial charge in [-0.05, 0) is 44.8 Å². The number of rotatable bonds is 3. The summed E-state index contributed by atoms with van der Waals surface area (Å²) in [5.74, 6) is -1.17. The van der Waals surface area contributed by atoms with E-state index in [0.29, 0.717) is 10.7 Å². The number of hydrogen-bond donors (Lipinski definition) is 2. The zero-order valence-corrected chi connectivity index (χ0v) is 12.0. The van der Waals surface area contributed by atoms with Gasteiger partial charge < -0.3 is 15.3 Å². The van der Waals surface area contributed by atoms with Gasteiger partial charge >= 0.3 is 5.97 Å². The Hall–Kier alpha value is -1.47. The number of carbonyl (C=O) groups excluding carboxylic acids is 1. The number of carbonyl (C=O) groups is 2. The van der Waals surface area contributed by atoms with Crippen LogP contribution >= 0.6 is 11.5 Å². The molecular formula is C12H17N3O3S. The first-order valence-electron chi connectivity index (χ1n) is 6.09. The molecule has 2 N–H and O–H groups in total. The summed E-state index contributed by atoms with van der Waals surface area (Å²) in [5.41, 5.74) is -0.0540. The number of likely N-dealkylation sites (N-methyl/N-ethyl adjacent to an activating group) is 1. The molecule has 104 valence electrons. The highest BCUT2D eigenvalue weighted by molar-refractivity contribution is 7.11. The molecule has 0 bridgehead atoms. The quantitative estimate of drug-likeness (QED) is 0.872. The van der Waals surface area contributed by atoms with Crippen molar-refractivity contribution in [3.63, 3.8) is 0 Å². The largest absolute Gasteiger partial charge is 0.478 e. The number of carboxylic acids is 1. The van der Waals surface area contributed by atoms with E-state index >= 15 is 0 Å². The van der Waals surface area contributed by atoms with Gasteiger partial charge in [-0.15, -0.1) is 0 Å². The number of amides is 1. The Morgan fingerprint density at radius 1 is 1.53 bits per heavy atom. The average Bonchev–Trinajstić information content (AvgIpc) is 2.94. The van der Waals surface area contributed by atoms with E-state index in [1.807, 2.05) is 6.92 Å². The summed E-state index contributed by atoms with van der Waals surface area (Å²) >= 11 is 1.04. The maximum Gasteiger partial charge on any atom is 0.340 e. The lowest BCUT2D eigenvalue weighted by atomic mass is 9.98. The van der Waals surface area contributed by atoms with E-state index in [0.717, 1.165) is 30.9 Å². The van der Waals surface area contributed by atoms with Crippen LogP contribution in [0, 0.1) is 6.92 Å². The minimum atomic E-state index is -1.05. The van der Waals surface area contributed by atoms with Gasteiger partial charge in [0, 0.05) is 7.05 Å². The van der Waals surface area contributed by atoms with Crippen LogP contribution in [0.25, 0.3) is 0 Å². The molecular weight excluding hydrogens is 266 g/mol. The molecule has 6 nitrogen and oxygen atoms in total. The average molecular weight is 283 g/mol.